The summed E-state index contributed by atoms with van der Waals surface area (Å²) in [5.74, 6) is 1.59. The molecule has 1 amide bonds. The minimum atomic E-state index is 0.0306. The highest BCUT2D eigenvalue weighted by molar-refractivity contribution is 7.80. The molecule has 0 radical (unpaired) electrons. The van der Waals surface area contributed by atoms with Gasteiger partial charge in [0, 0.05) is 13.0 Å². The van der Waals surface area contributed by atoms with Crippen molar-refractivity contribution >= 4 is 30.4 Å². The van der Waals surface area contributed by atoms with Crippen LogP contribution >= 0.6 is 12.6 Å². The van der Waals surface area contributed by atoms with Crippen molar-refractivity contribution < 1.29 is 4.79 Å². The molecule has 2 heterocycles. The van der Waals surface area contributed by atoms with E-state index in [9.17, 15) is 4.79 Å². The highest BCUT2D eigenvalue weighted by Gasteiger charge is 2.31. The van der Waals surface area contributed by atoms with Gasteiger partial charge in [0.15, 0.2) is 0 Å². The van der Waals surface area contributed by atoms with Crippen molar-refractivity contribution in [1.82, 2.24) is 15.2 Å². The molecule has 3 N–H and O–H groups in total. The molecular formula is C7H11N5OS. The highest BCUT2D eigenvalue weighted by Crippen LogP contribution is 2.22. The Hall–Kier alpha value is -1.24. The van der Waals surface area contributed by atoms with Crippen LogP contribution in [0.25, 0.3) is 0 Å². The molecule has 6 nitrogen and oxygen atoms in total. The van der Waals surface area contributed by atoms with Crippen LogP contribution in [0, 0.1) is 5.92 Å². The van der Waals surface area contributed by atoms with E-state index >= 15 is 0 Å². The van der Waals surface area contributed by atoms with Crippen molar-refractivity contribution in [1.29, 1.82) is 0 Å². The number of rotatable bonds is 2. The smallest absolute Gasteiger partial charge is 0.252 e. The number of nitrogens with two attached hydrogens (primary N) is 1. The quantitative estimate of drug-likeness (QED) is 0.587. The third-order valence-corrected chi connectivity index (χ3v) is 2.71. The van der Waals surface area contributed by atoms with Gasteiger partial charge in [-0.05, 0) is 11.7 Å². The fourth-order valence-electron chi connectivity index (χ4n) is 1.48. The molecule has 1 saturated heterocycles. The van der Waals surface area contributed by atoms with Crippen LogP contribution in [0.2, 0.25) is 0 Å². The van der Waals surface area contributed by atoms with Crippen LogP contribution in [-0.4, -0.2) is 33.4 Å². The van der Waals surface area contributed by atoms with E-state index in [0.717, 1.165) is 0 Å². The van der Waals surface area contributed by atoms with E-state index < -0.39 is 0 Å². The minimum Gasteiger partial charge on any atom is -0.368 e. The molecule has 0 spiro atoms. The molecule has 76 valence electrons. The summed E-state index contributed by atoms with van der Waals surface area (Å²) in [5, 5.41) is 6.34. The molecule has 0 saturated carbocycles. The SMILES string of the molecule is Nc1nc(N2CC(CS)CC2=O)n[nH]1. The lowest BCUT2D eigenvalue weighted by Gasteiger charge is -2.10. The average molecular weight is 213 g/mol. The van der Waals surface area contributed by atoms with Gasteiger partial charge in [0.05, 0.1) is 0 Å². The maximum absolute atomic E-state index is 11.5. The van der Waals surface area contributed by atoms with Crippen molar-refractivity contribution in [3.63, 3.8) is 0 Å². The van der Waals surface area contributed by atoms with Crippen LogP contribution in [-0.2, 0) is 4.79 Å². The molecule has 1 aliphatic rings. The Bertz CT molecular complexity index is 352. The molecule has 7 heteroatoms. The normalized spacial score (nSPS) is 21.9. The molecule has 14 heavy (non-hydrogen) atoms. The second kappa shape index (κ2) is 3.49. The number of aromatic amines is 1. The summed E-state index contributed by atoms with van der Waals surface area (Å²) >= 11 is 4.16. The van der Waals surface area contributed by atoms with Gasteiger partial charge >= 0.3 is 0 Å². The first-order valence-corrected chi connectivity index (χ1v) is 4.93. The van der Waals surface area contributed by atoms with E-state index in [-0.39, 0.29) is 17.8 Å². The zero-order valence-electron chi connectivity index (χ0n) is 7.47. The molecule has 1 atom stereocenters. The Morgan fingerprint density at radius 3 is 3.00 bits per heavy atom. The van der Waals surface area contributed by atoms with Crippen LogP contribution in [0.5, 0.6) is 0 Å². The number of carbonyl (C=O) groups excluding carboxylic acids is 1. The topological polar surface area (TPSA) is 87.9 Å². The standard InChI is InChI=1S/C7H11N5OS/c8-6-9-7(11-10-6)12-2-4(3-14)1-5(12)13/h4,14H,1-3H2,(H3,8,9,10,11). The van der Waals surface area contributed by atoms with Crippen molar-refractivity contribution in [2.75, 3.05) is 22.9 Å². The Kier molecular flexibility index (Phi) is 2.32. The van der Waals surface area contributed by atoms with Gasteiger partial charge < -0.3 is 5.73 Å². The number of nitrogens with one attached hydrogen (secondary N) is 1. The molecule has 1 aromatic rings. The summed E-state index contributed by atoms with van der Waals surface area (Å²) in [6, 6.07) is 0. The molecule has 1 aliphatic heterocycles. The predicted molar refractivity (Wildman–Crippen MR) is 55.1 cm³/mol. The van der Waals surface area contributed by atoms with Gasteiger partial charge in [-0.1, -0.05) is 0 Å². The second-order valence-corrected chi connectivity index (χ2v) is 3.64. The molecule has 0 bridgehead atoms. The predicted octanol–water partition coefficient (Wildman–Crippen LogP) is -0.330. The summed E-state index contributed by atoms with van der Waals surface area (Å²) in [6.07, 6.45) is 0.512. The van der Waals surface area contributed by atoms with Crippen molar-refractivity contribution in [2.45, 2.75) is 6.42 Å². The summed E-state index contributed by atoms with van der Waals surface area (Å²) in [7, 11) is 0. The number of hydrogen-bond donors (Lipinski definition) is 3. The fourth-order valence-corrected chi connectivity index (χ4v) is 1.73. The van der Waals surface area contributed by atoms with Crippen LogP contribution in [0.15, 0.2) is 0 Å². The Balaban J connectivity index is 2.16. The van der Waals surface area contributed by atoms with Crippen LogP contribution < -0.4 is 10.6 Å². The van der Waals surface area contributed by atoms with Gasteiger partial charge in [0.1, 0.15) is 0 Å². The van der Waals surface area contributed by atoms with Crippen molar-refractivity contribution in [3.05, 3.63) is 0 Å². The third kappa shape index (κ3) is 1.54. The number of hydrogen-bond acceptors (Lipinski definition) is 5. The Morgan fingerprint density at radius 2 is 2.50 bits per heavy atom. The fraction of sp³-hybridized carbons (Fsp3) is 0.571. The van der Waals surface area contributed by atoms with Gasteiger partial charge in [0.25, 0.3) is 5.95 Å². The van der Waals surface area contributed by atoms with E-state index in [2.05, 4.69) is 27.8 Å². The second-order valence-electron chi connectivity index (χ2n) is 3.28. The van der Waals surface area contributed by atoms with Gasteiger partial charge in [-0.15, -0.1) is 5.10 Å². The third-order valence-electron chi connectivity index (χ3n) is 2.20. The minimum absolute atomic E-state index is 0.0306. The average Bonchev–Trinajstić information content (AvgIpc) is 2.71. The maximum Gasteiger partial charge on any atom is 0.252 e. The van der Waals surface area contributed by atoms with E-state index in [1.807, 2.05) is 0 Å². The number of amides is 1. The van der Waals surface area contributed by atoms with Gasteiger partial charge in [-0.3, -0.25) is 9.69 Å². The number of carbonyl (C=O) groups is 1. The number of nitrogens with zero attached hydrogens (tertiary/aromatic N) is 3. The summed E-state index contributed by atoms with van der Waals surface area (Å²) in [4.78, 5) is 16.9. The number of anilines is 2. The highest BCUT2D eigenvalue weighted by atomic mass is 32.1. The first kappa shape index (κ1) is 9.32. The lowest BCUT2D eigenvalue weighted by atomic mass is 10.1. The van der Waals surface area contributed by atoms with Crippen molar-refractivity contribution in [3.8, 4) is 0 Å². The number of aromatic nitrogens is 3. The summed E-state index contributed by atoms with van der Waals surface area (Å²) in [5.41, 5.74) is 5.38. The molecule has 0 aliphatic carbocycles. The first-order valence-electron chi connectivity index (χ1n) is 4.30. The molecule has 1 fully saturated rings. The molecular weight excluding hydrogens is 202 g/mol. The molecule has 2 rings (SSSR count). The van der Waals surface area contributed by atoms with E-state index in [1.54, 1.807) is 0 Å². The van der Waals surface area contributed by atoms with Gasteiger partial charge in [-0.25, -0.2) is 5.10 Å². The van der Waals surface area contributed by atoms with E-state index in [0.29, 0.717) is 24.7 Å². The summed E-state index contributed by atoms with van der Waals surface area (Å²) < 4.78 is 0. The number of nitrogen functional groups attached to an aromatic ring is 1. The van der Waals surface area contributed by atoms with Crippen LogP contribution in [0.1, 0.15) is 6.42 Å². The van der Waals surface area contributed by atoms with Gasteiger partial charge in [0.2, 0.25) is 11.9 Å². The van der Waals surface area contributed by atoms with Crippen LogP contribution in [0.3, 0.4) is 0 Å². The lowest BCUT2D eigenvalue weighted by molar-refractivity contribution is -0.117. The molecule has 1 aromatic heterocycles. The van der Waals surface area contributed by atoms with Gasteiger partial charge in [-0.2, -0.15) is 17.6 Å². The van der Waals surface area contributed by atoms with Crippen molar-refractivity contribution in [2.24, 2.45) is 5.92 Å². The number of H-pyrrole nitrogens is 1. The lowest BCUT2D eigenvalue weighted by Crippen LogP contribution is -2.25. The zero-order valence-corrected chi connectivity index (χ0v) is 8.37. The first-order chi connectivity index (χ1) is 6.70. The molecule has 1 unspecified atom stereocenters. The van der Waals surface area contributed by atoms with E-state index in [1.165, 1.54) is 4.90 Å². The summed E-state index contributed by atoms with van der Waals surface area (Å²) in [6.45, 7) is 0.625. The van der Waals surface area contributed by atoms with Crippen LogP contribution in [0.4, 0.5) is 11.9 Å². The number of thiol groups is 1. The zero-order chi connectivity index (χ0) is 10.1. The Labute approximate surface area is 86.3 Å². The Morgan fingerprint density at radius 1 is 1.71 bits per heavy atom. The van der Waals surface area contributed by atoms with E-state index in [4.69, 9.17) is 5.73 Å². The largest absolute Gasteiger partial charge is 0.368 e. The maximum atomic E-state index is 11.5. The molecule has 0 aromatic carbocycles. The monoisotopic (exact) mass is 213 g/mol.